The summed E-state index contributed by atoms with van der Waals surface area (Å²) >= 11 is 6.33. The molecule has 5 nitrogen and oxygen atoms in total. The van der Waals surface area contributed by atoms with Crippen molar-refractivity contribution in [3.05, 3.63) is 102 Å². The quantitative estimate of drug-likeness (QED) is 0.281. The van der Waals surface area contributed by atoms with E-state index in [4.69, 9.17) is 25.7 Å². The maximum absolute atomic E-state index is 13.3. The molecule has 168 valence electrons. The van der Waals surface area contributed by atoms with Crippen LogP contribution >= 0.6 is 11.6 Å². The number of benzene rings is 3. The second-order valence-electron chi connectivity index (χ2n) is 7.63. The molecule has 3 aromatic carbocycles. The summed E-state index contributed by atoms with van der Waals surface area (Å²) < 4.78 is 11.6. The smallest absolute Gasteiger partial charge is 0.256 e. The molecule has 0 aliphatic carbocycles. The fraction of sp³-hybridized carbons (Fsp3) is 0.0714. The molecule has 0 fully saturated rings. The van der Waals surface area contributed by atoms with Crippen LogP contribution in [0.25, 0.3) is 33.7 Å². The van der Waals surface area contributed by atoms with E-state index in [9.17, 15) is 4.79 Å². The Bertz CT molecular complexity index is 1480. The first kappa shape index (κ1) is 21.7. The number of halogens is 1. The molecule has 0 unspecified atom stereocenters. The lowest BCUT2D eigenvalue weighted by Gasteiger charge is -2.10. The number of hydrogen-bond acceptors (Lipinski definition) is 4. The van der Waals surface area contributed by atoms with E-state index in [0.29, 0.717) is 45.6 Å². The van der Waals surface area contributed by atoms with Crippen molar-refractivity contribution >= 4 is 34.1 Å². The molecular formula is C28H21ClN2O3. The summed E-state index contributed by atoms with van der Waals surface area (Å²) in [7, 11) is 0. The number of amides is 1. The second-order valence-corrected chi connectivity index (χ2v) is 8.03. The minimum atomic E-state index is -0.234. The van der Waals surface area contributed by atoms with Crippen molar-refractivity contribution in [2.24, 2.45) is 0 Å². The summed E-state index contributed by atoms with van der Waals surface area (Å²) in [6.45, 7) is 2.51. The molecule has 6 heteroatoms. The van der Waals surface area contributed by atoms with E-state index in [2.05, 4.69) is 5.32 Å². The van der Waals surface area contributed by atoms with Crippen molar-refractivity contribution in [1.82, 2.24) is 4.98 Å². The monoisotopic (exact) mass is 468 g/mol. The normalized spacial score (nSPS) is 10.9. The third kappa shape index (κ3) is 4.38. The number of rotatable bonds is 6. The van der Waals surface area contributed by atoms with Gasteiger partial charge in [-0.3, -0.25) is 4.79 Å². The molecule has 0 saturated carbocycles. The number of hydrogen-bond donors (Lipinski definition) is 1. The number of furan rings is 1. The molecule has 0 aliphatic heterocycles. The summed E-state index contributed by atoms with van der Waals surface area (Å²) in [5, 5.41) is 4.33. The molecule has 1 amide bonds. The Kier molecular flexibility index (Phi) is 6.02. The highest BCUT2D eigenvalue weighted by atomic mass is 35.5. The van der Waals surface area contributed by atoms with Gasteiger partial charge in [0, 0.05) is 16.6 Å². The van der Waals surface area contributed by atoms with Crippen LogP contribution in [0.5, 0.6) is 5.75 Å². The van der Waals surface area contributed by atoms with Crippen LogP contribution < -0.4 is 10.1 Å². The Morgan fingerprint density at radius 3 is 2.47 bits per heavy atom. The molecule has 0 spiro atoms. The number of nitrogens with one attached hydrogen (secondary N) is 1. The van der Waals surface area contributed by atoms with E-state index >= 15 is 0 Å². The largest absolute Gasteiger partial charge is 0.494 e. The van der Waals surface area contributed by atoms with Gasteiger partial charge < -0.3 is 14.5 Å². The van der Waals surface area contributed by atoms with Gasteiger partial charge in [-0.15, -0.1) is 0 Å². The van der Waals surface area contributed by atoms with E-state index in [-0.39, 0.29) is 5.91 Å². The Morgan fingerprint density at radius 1 is 0.941 bits per heavy atom. The fourth-order valence-corrected chi connectivity index (χ4v) is 4.00. The molecule has 1 N–H and O–H groups in total. The van der Waals surface area contributed by atoms with Gasteiger partial charge in [0.25, 0.3) is 5.91 Å². The van der Waals surface area contributed by atoms with Gasteiger partial charge in [-0.05, 0) is 67.6 Å². The number of carbonyl (C=O) groups excluding carboxylic acids is 1. The lowest BCUT2D eigenvalue weighted by Crippen LogP contribution is -2.13. The lowest BCUT2D eigenvalue weighted by molar-refractivity contribution is 0.102. The summed E-state index contributed by atoms with van der Waals surface area (Å²) in [6, 6.07) is 27.8. The van der Waals surface area contributed by atoms with Gasteiger partial charge in [-0.2, -0.15) is 0 Å². The van der Waals surface area contributed by atoms with Gasteiger partial charge in [0.1, 0.15) is 17.2 Å². The zero-order chi connectivity index (χ0) is 23.5. The number of nitrogens with zero attached hydrogens (tertiary/aromatic N) is 1. The minimum Gasteiger partial charge on any atom is -0.494 e. The Balaban J connectivity index is 1.51. The van der Waals surface area contributed by atoms with Crippen LogP contribution in [0.15, 0.2) is 95.4 Å². The molecule has 34 heavy (non-hydrogen) atoms. The topological polar surface area (TPSA) is 64.4 Å². The fourth-order valence-electron chi connectivity index (χ4n) is 3.77. The van der Waals surface area contributed by atoms with E-state index in [1.165, 1.54) is 0 Å². The van der Waals surface area contributed by atoms with Crippen molar-refractivity contribution in [2.45, 2.75) is 6.92 Å². The van der Waals surface area contributed by atoms with Crippen LogP contribution in [0, 0.1) is 0 Å². The van der Waals surface area contributed by atoms with Crippen molar-refractivity contribution in [2.75, 3.05) is 11.9 Å². The predicted octanol–water partition coefficient (Wildman–Crippen LogP) is 7.47. The first-order valence-electron chi connectivity index (χ1n) is 10.9. The van der Waals surface area contributed by atoms with Gasteiger partial charge in [0.05, 0.1) is 22.7 Å². The third-order valence-corrected chi connectivity index (χ3v) is 5.71. The molecule has 0 atom stereocenters. The van der Waals surface area contributed by atoms with Crippen LogP contribution in [0.2, 0.25) is 5.02 Å². The maximum atomic E-state index is 13.3. The average molecular weight is 469 g/mol. The van der Waals surface area contributed by atoms with Gasteiger partial charge >= 0.3 is 0 Å². The van der Waals surface area contributed by atoms with Gasteiger partial charge in [0.2, 0.25) is 0 Å². The third-order valence-electron chi connectivity index (χ3n) is 5.38. The summed E-state index contributed by atoms with van der Waals surface area (Å²) in [4.78, 5) is 18.0. The average Bonchev–Trinajstić information content (AvgIpc) is 3.35. The molecule has 0 bridgehead atoms. The van der Waals surface area contributed by atoms with Gasteiger partial charge in [-0.25, -0.2) is 4.98 Å². The summed E-state index contributed by atoms with van der Waals surface area (Å²) in [5.41, 5.74) is 3.24. The molecule has 5 rings (SSSR count). The molecule has 0 saturated heterocycles. The Morgan fingerprint density at radius 2 is 1.68 bits per heavy atom. The number of aromatic nitrogens is 1. The Hall–Kier alpha value is -4.09. The zero-order valence-corrected chi connectivity index (χ0v) is 19.2. The first-order valence-corrected chi connectivity index (χ1v) is 11.3. The minimum absolute atomic E-state index is 0.234. The number of ether oxygens (including phenoxy) is 1. The number of para-hydroxylation sites is 1. The van der Waals surface area contributed by atoms with Crippen molar-refractivity contribution in [3.8, 4) is 28.5 Å². The van der Waals surface area contributed by atoms with Crippen LogP contribution in [-0.4, -0.2) is 17.5 Å². The SMILES string of the molecule is CCOc1ccc(NC(=O)c2cc(-c3ccc(-c4ccccc4Cl)o3)nc3ccccc23)cc1. The van der Waals surface area contributed by atoms with Gasteiger partial charge in [0.15, 0.2) is 5.76 Å². The molecule has 2 aromatic heterocycles. The van der Waals surface area contributed by atoms with E-state index in [0.717, 1.165) is 16.7 Å². The van der Waals surface area contributed by atoms with E-state index in [1.807, 2.05) is 91.9 Å². The van der Waals surface area contributed by atoms with Gasteiger partial charge in [-0.1, -0.05) is 41.9 Å². The standard InChI is InChI=1S/C28H21ClN2O3/c1-2-33-19-13-11-18(12-14-19)30-28(32)22-17-25(31-24-10-6-4-7-20(22)24)27-16-15-26(34-27)21-8-3-5-9-23(21)29/h3-17H,2H2,1H3,(H,30,32). The highest BCUT2D eigenvalue weighted by Gasteiger charge is 2.17. The van der Waals surface area contributed by atoms with E-state index < -0.39 is 0 Å². The van der Waals surface area contributed by atoms with Crippen molar-refractivity contribution in [1.29, 1.82) is 0 Å². The maximum Gasteiger partial charge on any atom is 0.256 e. The van der Waals surface area contributed by atoms with Crippen LogP contribution in [-0.2, 0) is 0 Å². The van der Waals surface area contributed by atoms with Crippen LogP contribution in [0.3, 0.4) is 0 Å². The second kappa shape index (κ2) is 9.41. The van der Waals surface area contributed by atoms with E-state index in [1.54, 1.807) is 6.07 Å². The molecule has 0 radical (unpaired) electrons. The highest BCUT2D eigenvalue weighted by molar-refractivity contribution is 6.33. The number of fused-ring (bicyclic) bond motifs is 1. The molecular weight excluding hydrogens is 448 g/mol. The van der Waals surface area contributed by atoms with Crippen LogP contribution in [0.4, 0.5) is 5.69 Å². The zero-order valence-electron chi connectivity index (χ0n) is 18.4. The van der Waals surface area contributed by atoms with Crippen molar-refractivity contribution in [3.63, 3.8) is 0 Å². The highest BCUT2D eigenvalue weighted by Crippen LogP contribution is 2.33. The lowest BCUT2D eigenvalue weighted by atomic mass is 10.1. The number of pyridine rings is 1. The molecule has 2 heterocycles. The number of carbonyl (C=O) groups is 1. The van der Waals surface area contributed by atoms with Crippen molar-refractivity contribution < 1.29 is 13.9 Å². The summed E-state index contributed by atoms with van der Waals surface area (Å²) in [6.07, 6.45) is 0. The molecule has 5 aromatic rings. The van der Waals surface area contributed by atoms with Crippen LogP contribution in [0.1, 0.15) is 17.3 Å². The predicted molar refractivity (Wildman–Crippen MR) is 135 cm³/mol. The number of anilines is 1. The molecule has 0 aliphatic rings. The Labute approximate surface area is 202 Å². The first-order chi connectivity index (χ1) is 16.6. The summed E-state index contributed by atoms with van der Waals surface area (Å²) in [5.74, 6) is 1.71.